The van der Waals surface area contributed by atoms with Gasteiger partial charge in [0.1, 0.15) is 6.07 Å². The summed E-state index contributed by atoms with van der Waals surface area (Å²) in [5.74, 6) is 0. The zero-order valence-corrected chi connectivity index (χ0v) is 4.20. The van der Waals surface area contributed by atoms with Gasteiger partial charge in [-0.05, 0) is 17.6 Å². The largest absolute Gasteiger partial charge is 0.191 e. The zero-order valence-electron chi connectivity index (χ0n) is 3.38. The van der Waals surface area contributed by atoms with Crippen LogP contribution in [0.5, 0.6) is 0 Å². The average Bonchev–Trinajstić information content (AvgIpc) is 2.14. The van der Waals surface area contributed by atoms with Gasteiger partial charge in [0.25, 0.3) is 0 Å². The van der Waals surface area contributed by atoms with E-state index in [1.807, 2.05) is 6.07 Å². The second-order valence-corrected chi connectivity index (χ2v) is 1.54. The van der Waals surface area contributed by atoms with Gasteiger partial charge in [0.2, 0.25) is 0 Å². The predicted octanol–water partition coefficient (Wildman–Crippen LogP) is 0.815. The Labute approximate surface area is 45.2 Å². The van der Waals surface area contributed by atoms with E-state index in [0.29, 0.717) is 5.69 Å². The Bertz CT molecular complexity index is 172. The molecule has 1 heterocycles. The second kappa shape index (κ2) is 1.71. The minimum atomic E-state index is 0.449. The minimum Gasteiger partial charge on any atom is -0.191 e. The molecule has 2 nitrogen and oxygen atoms in total. The average molecular weight is 109 g/mol. The molecule has 1 rings (SSSR count). The fourth-order valence-electron chi connectivity index (χ4n) is 0.237. The molecule has 0 saturated carbocycles. The van der Waals surface area contributed by atoms with Crippen LogP contribution < -0.4 is 0 Å². The van der Waals surface area contributed by atoms with Crippen molar-refractivity contribution in [1.82, 2.24) is 4.37 Å². The lowest BCUT2D eigenvalue weighted by atomic mass is 10.5. The van der Waals surface area contributed by atoms with Crippen LogP contribution in [0.3, 0.4) is 0 Å². The SMILES string of the molecule is N#Cc1c[c]sn1. The lowest BCUT2D eigenvalue weighted by Gasteiger charge is -1.61. The van der Waals surface area contributed by atoms with E-state index < -0.39 is 0 Å². The smallest absolute Gasteiger partial charge is 0.154 e. The number of hydrogen-bond donors (Lipinski definition) is 0. The molecule has 0 fully saturated rings. The Kier molecular flexibility index (Phi) is 1.05. The summed E-state index contributed by atoms with van der Waals surface area (Å²) >= 11 is 1.17. The van der Waals surface area contributed by atoms with Crippen molar-refractivity contribution < 1.29 is 0 Å². The van der Waals surface area contributed by atoms with Gasteiger partial charge in [-0.1, -0.05) is 0 Å². The summed E-state index contributed by atoms with van der Waals surface area (Å²) < 4.78 is 3.66. The third-order valence-corrected chi connectivity index (χ3v) is 1.02. The number of nitrogens with zero attached hydrogens (tertiary/aromatic N) is 2. The molecular formula is C4HN2S. The van der Waals surface area contributed by atoms with E-state index in [0.717, 1.165) is 0 Å². The lowest BCUT2D eigenvalue weighted by molar-refractivity contribution is 1.42. The molecule has 0 N–H and O–H groups in total. The van der Waals surface area contributed by atoms with Crippen LogP contribution in [0.2, 0.25) is 0 Å². The van der Waals surface area contributed by atoms with Gasteiger partial charge in [-0.15, -0.1) is 0 Å². The van der Waals surface area contributed by atoms with Crippen molar-refractivity contribution >= 4 is 11.5 Å². The standard InChI is InChI=1S/C4HN2S/c5-3-4-1-2-7-6-4/h1H. The molecule has 0 aromatic carbocycles. The van der Waals surface area contributed by atoms with Crippen LogP contribution in [0.15, 0.2) is 6.07 Å². The molecule has 33 valence electrons. The predicted molar refractivity (Wildman–Crippen MR) is 25.7 cm³/mol. The van der Waals surface area contributed by atoms with Crippen LogP contribution in [0.4, 0.5) is 0 Å². The Hall–Kier alpha value is -0.880. The Balaban J connectivity index is 3.04. The van der Waals surface area contributed by atoms with Crippen molar-refractivity contribution in [2.75, 3.05) is 0 Å². The van der Waals surface area contributed by atoms with Crippen LogP contribution in [0.25, 0.3) is 0 Å². The second-order valence-electron chi connectivity index (χ2n) is 0.942. The fourth-order valence-corrected chi connectivity index (χ4v) is 0.646. The molecule has 0 spiro atoms. The first-order valence-electron chi connectivity index (χ1n) is 1.66. The van der Waals surface area contributed by atoms with Crippen molar-refractivity contribution in [2.24, 2.45) is 0 Å². The Morgan fingerprint density at radius 1 is 2.00 bits per heavy atom. The molecule has 0 amide bonds. The van der Waals surface area contributed by atoms with Crippen LogP contribution in [0, 0.1) is 16.7 Å². The zero-order chi connectivity index (χ0) is 5.11. The summed E-state index contributed by atoms with van der Waals surface area (Å²) in [6.07, 6.45) is 0. The summed E-state index contributed by atoms with van der Waals surface area (Å²) in [6, 6.07) is 3.44. The molecule has 7 heavy (non-hydrogen) atoms. The molecule has 0 bridgehead atoms. The first kappa shape index (κ1) is 4.28. The van der Waals surface area contributed by atoms with E-state index in [4.69, 9.17) is 5.26 Å². The third-order valence-electron chi connectivity index (χ3n) is 0.507. The topological polar surface area (TPSA) is 36.7 Å². The maximum atomic E-state index is 8.10. The third kappa shape index (κ3) is 0.756. The van der Waals surface area contributed by atoms with E-state index in [1.165, 1.54) is 11.5 Å². The summed E-state index contributed by atoms with van der Waals surface area (Å²) in [4.78, 5) is 0. The van der Waals surface area contributed by atoms with Crippen molar-refractivity contribution in [1.29, 1.82) is 5.26 Å². The molecule has 1 aromatic rings. The number of nitriles is 1. The Morgan fingerprint density at radius 3 is 3.14 bits per heavy atom. The number of aromatic nitrogens is 1. The summed E-state index contributed by atoms with van der Waals surface area (Å²) in [6.45, 7) is 0. The molecule has 0 aliphatic heterocycles. The number of rotatable bonds is 0. The van der Waals surface area contributed by atoms with Gasteiger partial charge in [0.05, 0.1) is 5.38 Å². The van der Waals surface area contributed by atoms with Gasteiger partial charge in [-0.25, -0.2) is 0 Å². The molecule has 1 aromatic heterocycles. The van der Waals surface area contributed by atoms with Crippen LogP contribution >= 0.6 is 11.5 Å². The van der Waals surface area contributed by atoms with E-state index in [-0.39, 0.29) is 0 Å². The summed E-state index contributed by atoms with van der Waals surface area (Å²) in [5.41, 5.74) is 0.449. The molecule has 1 radical (unpaired) electrons. The fraction of sp³-hybridized carbons (Fsp3) is 0. The minimum absolute atomic E-state index is 0.449. The molecule has 0 aliphatic rings. The van der Waals surface area contributed by atoms with Gasteiger partial charge < -0.3 is 0 Å². The maximum absolute atomic E-state index is 8.10. The molecule has 0 aliphatic carbocycles. The van der Waals surface area contributed by atoms with E-state index in [9.17, 15) is 0 Å². The molecule has 0 saturated heterocycles. The maximum Gasteiger partial charge on any atom is 0.154 e. The number of hydrogen-bond acceptors (Lipinski definition) is 3. The van der Waals surface area contributed by atoms with Crippen molar-refractivity contribution in [3.05, 3.63) is 17.1 Å². The van der Waals surface area contributed by atoms with Crippen LogP contribution in [-0.4, -0.2) is 4.37 Å². The van der Waals surface area contributed by atoms with Gasteiger partial charge in [-0.2, -0.15) is 9.64 Å². The first-order chi connectivity index (χ1) is 3.43. The van der Waals surface area contributed by atoms with E-state index in [1.54, 1.807) is 6.07 Å². The van der Waals surface area contributed by atoms with Crippen LogP contribution in [-0.2, 0) is 0 Å². The van der Waals surface area contributed by atoms with Crippen molar-refractivity contribution in [3.8, 4) is 6.07 Å². The van der Waals surface area contributed by atoms with Crippen molar-refractivity contribution in [3.63, 3.8) is 0 Å². The van der Waals surface area contributed by atoms with Gasteiger partial charge in [-0.3, -0.25) is 0 Å². The van der Waals surface area contributed by atoms with E-state index >= 15 is 0 Å². The molecule has 0 unspecified atom stereocenters. The monoisotopic (exact) mass is 109 g/mol. The highest BCUT2D eigenvalue weighted by molar-refractivity contribution is 7.03. The van der Waals surface area contributed by atoms with Crippen LogP contribution in [0.1, 0.15) is 5.69 Å². The van der Waals surface area contributed by atoms with Crippen molar-refractivity contribution in [2.45, 2.75) is 0 Å². The lowest BCUT2D eigenvalue weighted by Crippen LogP contribution is -1.62. The quantitative estimate of drug-likeness (QED) is 0.494. The normalized spacial score (nSPS) is 7.86. The molecule has 0 atom stereocenters. The van der Waals surface area contributed by atoms with Gasteiger partial charge >= 0.3 is 0 Å². The highest BCUT2D eigenvalue weighted by Gasteiger charge is 1.85. The van der Waals surface area contributed by atoms with Gasteiger partial charge in [0.15, 0.2) is 5.69 Å². The highest BCUT2D eigenvalue weighted by Crippen LogP contribution is 1.93. The Morgan fingerprint density at radius 2 is 2.86 bits per heavy atom. The highest BCUT2D eigenvalue weighted by atomic mass is 32.1. The molecular weight excluding hydrogens is 108 g/mol. The first-order valence-corrected chi connectivity index (χ1v) is 2.43. The summed E-state index contributed by atoms with van der Waals surface area (Å²) in [5, 5.41) is 10.8. The van der Waals surface area contributed by atoms with Gasteiger partial charge in [0, 0.05) is 0 Å². The summed E-state index contributed by atoms with van der Waals surface area (Å²) in [7, 11) is 0. The van der Waals surface area contributed by atoms with E-state index in [2.05, 4.69) is 9.75 Å². The molecule has 3 heteroatoms.